The van der Waals surface area contributed by atoms with Crippen LogP contribution in [-0.4, -0.2) is 19.3 Å². The van der Waals surface area contributed by atoms with Crippen molar-refractivity contribution in [2.45, 2.75) is 51.8 Å². The van der Waals surface area contributed by atoms with Crippen molar-refractivity contribution in [3.63, 3.8) is 0 Å². The topological polar surface area (TPSA) is 21.3 Å². The molecule has 1 aromatic carbocycles. The maximum absolute atomic E-state index is 5.30. The third-order valence-corrected chi connectivity index (χ3v) is 3.94. The monoisotopic (exact) mass is 233 g/mol. The number of benzene rings is 1. The van der Waals surface area contributed by atoms with E-state index in [0.717, 1.165) is 12.8 Å². The second-order valence-corrected chi connectivity index (χ2v) is 5.26. The Kier molecular flexibility index (Phi) is 3.85. The maximum atomic E-state index is 5.30. The highest BCUT2D eigenvalue weighted by Gasteiger charge is 2.29. The molecule has 17 heavy (non-hydrogen) atoms. The maximum Gasteiger partial charge on any atom is 0.0601 e. The highest BCUT2D eigenvalue weighted by molar-refractivity contribution is 5.31. The van der Waals surface area contributed by atoms with E-state index in [-0.39, 0.29) is 0 Å². The minimum Gasteiger partial charge on any atom is -0.381 e. The van der Waals surface area contributed by atoms with Gasteiger partial charge in [-0.2, -0.15) is 0 Å². The number of aryl methyl sites for hydroxylation is 2. The molecule has 0 radical (unpaired) electrons. The van der Waals surface area contributed by atoms with Gasteiger partial charge in [0.25, 0.3) is 0 Å². The van der Waals surface area contributed by atoms with Gasteiger partial charge in [0.15, 0.2) is 0 Å². The molecule has 0 amide bonds. The molecule has 0 aromatic heterocycles. The van der Waals surface area contributed by atoms with Crippen molar-refractivity contribution in [3.05, 3.63) is 34.9 Å². The lowest BCUT2D eigenvalue weighted by Gasteiger charge is -2.36. The molecule has 1 saturated carbocycles. The van der Waals surface area contributed by atoms with E-state index in [4.69, 9.17) is 4.74 Å². The molecule has 1 unspecified atom stereocenters. The van der Waals surface area contributed by atoms with Crippen molar-refractivity contribution in [2.75, 3.05) is 7.11 Å². The predicted molar refractivity (Wildman–Crippen MR) is 71.3 cm³/mol. The Labute approximate surface area is 104 Å². The van der Waals surface area contributed by atoms with Crippen LogP contribution in [0.15, 0.2) is 18.2 Å². The SMILES string of the molecule is COC1CC(NC(C)c2ccc(C)c(C)c2)C1. The smallest absolute Gasteiger partial charge is 0.0601 e. The number of rotatable bonds is 4. The molecular weight excluding hydrogens is 210 g/mol. The number of methoxy groups -OCH3 is 1. The molecule has 0 bridgehead atoms. The predicted octanol–water partition coefficient (Wildman–Crippen LogP) is 3.13. The second-order valence-electron chi connectivity index (χ2n) is 5.26. The van der Waals surface area contributed by atoms with Crippen molar-refractivity contribution < 1.29 is 4.74 Å². The molecule has 0 saturated heterocycles. The summed E-state index contributed by atoms with van der Waals surface area (Å²) in [6.07, 6.45) is 2.76. The Hall–Kier alpha value is -0.860. The van der Waals surface area contributed by atoms with Gasteiger partial charge >= 0.3 is 0 Å². The van der Waals surface area contributed by atoms with Gasteiger partial charge in [-0.3, -0.25) is 0 Å². The van der Waals surface area contributed by atoms with Crippen LogP contribution in [0.1, 0.15) is 42.5 Å². The molecule has 1 aromatic rings. The van der Waals surface area contributed by atoms with Crippen molar-refractivity contribution in [1.82, 2.24) is 5.32 Å². The zero-order valence-corrected chi connectivity index (χ0v) is 11.3. The summed E-state index contributed by atoms with van der Waals surface area (Å²) in [6, 6.07) is 7.78. The molecule has 2 rings (SSSR count). The number of ether oxygens (including phenoxy) is 1. The normalized spacial score (nSPS) is 25.4. The summed E-state index contributed by atoms with van der Waals surface area (Å²) in [4.78, 5) is 0. The molecule has 1 N–H and O–H groups in total. The van der Waals surface area contributed by atoms with Crippen LogP contribution in [0.4, 0.5) is 0 Å². The first-order valence-electron chi connectivity index (χ1n) is 6.46. The van der Waals surface area contributed by atoms with Crippen LogP contribution in [0.3, 0.4) is 0 Å². The average Bonchev–Trinajstić information content (AvgIpc) is 2.26. The number of hydrogen-bond donors (Lipinski definition) is 1. The van der Waals surface area contributed by atoms with E-state index in [1.54, 1.807) is 7.11 Å². The molecule has 1 aliphatic carbocycles. The fourth-order valence-corrected chi connectivity index (χ4v) is 2.38. The Balaban J connectivity index is 1.91. The fourth-order valence-electron chi connectivity index (χ4n) is 2.38. The third kappa shape index (κ3) is 2.88. The summed E-state index contributed by atoms with van der Waals surface area (Å²) >= 11 is 0. The van der Waals surface area contributed by atoms with Crippen LogP contribution in [0.5, 0.6) is 0 Å². The van der Waals surface area contributed by atoms with E-state index in [0.29, 0.717) is 18.2 Å². The molecule has 0 spiro atoms. The standard InChI is InChI=1S/C15H23NO/c1-10-5-6-13(7-11(10)2)12(3)16-14-8-15(9-14)17-4/h5-7,12,14-16H,8-9H2,1-4H3. The van der Waals surface area contributed by atoms with Gasteiger partial charge in [-0.15, -0.1) is 0 Å². The second kappa shape index (κ2) is 5.19. The Bertz CT molecular complexity index is 383. The molecule has 0 heterocycles. The van der Waals surface area contributed by atoms with Crippen molar-refractivity contribution >= 4 is 0 Å². The van der Waals surface area contributed by atoms with E-state index in [1.807, 2.05) is 0 Å². The number of nitrogens with one attached hydrogen (secondary N) is 1. The van der Waals surface area contributed by atoms with Gasteiger partial charge in [0, 0.05) is 19.2 Å². The van der Waals surface area contributed by atoms with Gasteiger partial charge in [0.05, 0.1) is 6.10 Å². The first kappa shape index (κ1) is 12.6. The molecule has 1 fully saturated rings. The zero-order valence-electron chi connectivity index (χ0n) is 11.3. The van der Waals surface area contributed by atoms with Crippen LogP contribution in [-0.2, 0) is 4.74 Å². The summed E-state index contributed by atoms with van der Waals surface area (Å²) in [6.45, 7) is 6.58. The molecule has 2 nitrogen and oxygen atoms in total. The Morgan fingerprint density at radius 3 is 2.53 bits per heavy atom. The van der Waals surface area contributed by atoms with Gasteiger partial charge in [0.1, 0.15) is 0 Å². The van der Waals surface area contributed by atoms with E-state index in [9.17, 15) is 0 Å². The molecule has 1 atom stereocenters. The lowest BCUT2D eigenvalue weighted by Crippen LogP contribution is -2.45. The van der Waals surface area contributed by atoms with E-state index in [1.165, 1.54) is 16.7 Å². The van der Waals surface area contributed by atoms with Gasteiger partial charge in [0.2, 0.25) is 0 Å². The first-order chi connectivity index (χ1) is 8.10. The summed E-state index contributed by atoms with van der Waals surface area (Å²) in [5.41, 5.74) is 4.12. The average molecular weight is 233 g/mol. The van der Waals surface area contributed by atoms with E-state index < -0.39 is 0 Å². The third-order valence-electron chi connectivity index (χ3n) is 3.94. The summed E-state index contributed by atoms with van der Waals surface area (Å²) in [5, 5.41) is 3.66. The molecule has 2 heteroatoms. The van der Waals surface area contributed by atoms with Crippen LogP contribution in [0.25, 0.3) is 0 Å². The molecule has 94 valence electrons. The van der Waals surface area contributed by atoms with Crippen LogP contribution >= 0.6 is 0 Å². The highest BCUT2D eigenvalue weighted by Crippen LogP contribution is 2.26. The summed E-state index contributed by atoms with van der Waals surface area (Å²) in [5.74, 6) is 0. The van der Waals surface area contributed by atoms with Gasteiger partial charge in [-0.1, -0.05) is 18.2 Å². The highest BCUT2D eigenvalue weighted by atomic mass is 16.5. The van der Waals surface area contributed by atoms with Gasteiger partial charge < -0.3 is 10.1 Å². The Morgan fingerprint density at radius 2 is 1.94 bits per heavy atom. The van der Waals surface area contributed by atoms with Crippen LogP contribution in [0, 0.1) is 13.8 Å². The van der Waals surface area contributed by atoms with Crippen molar-refractivity contribution in [3.8, 4) is 0 Å². The molecule has 1 aliphatic rings. The van der Waals surface area contributed by atoms with Crippen LogP contribution < -0.4 is 5.32 Å². The Morgan fingerprint density at radius 1 is 1.24 bits per heavy atom. The van der Waals surface area contributed by atoms with E-state index in [2.05, 4.69) is 44.3 Å². The minimum absolute atomic E-state index is 0.428. The molecular formula is C15H23NO. The van der Waals surface area contributed by atoms with Crippen molar-refractivity contribution in [2.24, 2.45) is 0 Å². The quantitative estimate of drug-likeness (QED) is 0.862. The fraction of sp³-hybridized carbons (Fsp3) is 0.600. The summed E-state index contributed by atoms with van der Waals surface area (Å²) in [7, 11) is 1.80. The van der Waals surface area contributed by atoms with Crippen molar-refractivity contribution in [1.29, 1.82) is 0 Å². The molecule has 0 aliphatic heterocycles. The zero-order chi connectivity index (χ0) is 12.4. The lowest BCUT2D eigenvalue weighted by atomic mass is 9.88. The first-order valence-corrected chi connectivity index (χ1v) is 6.46. The minimum atomic E-state index is 0.428. The lowest BCUT2D eigenvalue weighted by molar-refractivity contribution is 0.0147. The van der Waals surface area contributed by atoms with E-state index >= 15 is 0 Å². The summed E-state index contributed by atoms with van der Waals surface area (Å²) < 4.78 is 5.30. The van der Waals surface area contributed by atoms with Gasteiger partial charge in [-0.25, -0.2) is 0 Å². The van der Waals surface area contributed by atoms with Gasteiger partial charge in [-0.05, 0) is 50.3 Å². The largest absolute Gasteiger partial charge is 0.381 e. The number of hydrogen-bond acceptors (Lipinski definition) is 2. The van der Waals surface area contributed by atoms with Crippen LogP contribution in [0.2, 0.25) is 0 Å².